The molecule has 2 heteroatoms. The maximum absolute atomic E-state index is 11.0. The number of allylic oxidation sites excluding steroid dienone is 2. The van der Waals surface area contributed by atoms with Crippen molar-refractivity contribution in [2.75, 3.05) is 5.32 Å². The molecule has 1 N–H and O–H groups in total. The number of ketones is 1. The van der Waals surface area contributed by atoms with Gasteiger partial charge in [-0.2, -0.15) is 0 Å². The summed E-state index contributed by atoms with van der Waals surface area (Å²) in [7, 11) is 0. The minimum absolute atomic E-state index is 0.0624. The highest BCUT2D eigenvalue weighted by molar-refractivity contribution is 5.88. The van der Waals surface area contributed by atoms with Crippen LogP contribution in [0.4, 0.5) is 5.69 Å². The smallest absolute Gasteiger partial charge is 0.154 e. The standard InChI is InChI=1S/C14H19NO/c1-9-6-10(2)14(11(3)7-9)15-12(4)8-13(5)16/h6-8,15H,1-5H3. The van der Waals surface area contributed by atoms with Crippen molar-refractivity contribution in [3.8, 4) is 0 Å². The van der Waals surface area contributed by atoms with Crippen molar-refractivity contribution in [1.29, 1.82) is 0 Å². The number of rotatable bonds is 3. The predicted octanol–water partition coefficient (Wildman–Crippen LogP) is 3.52. The Kier molecular flexibility index (Phi) is 3.88. The molecule has 0 unspecified atom stereocenters. The van der Waals surface area contributed by atoms with Gasteiger partial charge in [0.2, 0.25) is 0 Å². The van der Waals surface area contributed by atoms with Crippen molar-refractivity contribution in [3.05, 3.63) is 40.6 Å². The van der Waals surface area contributed by atoms with E-state index in [-0.39, 0.29) is 5.78 Å². The fraction of sp³-hybridized carbons (Fsp3) is 0.357. The third-order valence-electron chi connectivity index (χ3n) is 2.42. The van der Waals surface area contributed by atoms with Crippen LogP contribution in [0.1, 0.15) is 30.5 Å². The quantitative estimate of drug-likeness (QED) is 0.785. The van der Waals surface area contributed by atoms with E-state index in [1.54, 1.807) is 13.0 Å². The molecule has 0 bridgehead atoms. The summed E-state index contributed by atoms with van der Waals surface area (Å²) >= 11 is 0. The minimum Gasteiger partial charge on any atom is -0.359 e. The molecule has 0 saturated carbocycles. The van der Waals surface area contributed by atoms with Crippen molar-refractivity contribution in [2.24, 2.45) is 0 Å². The Hall–Kier alpha value is -1.57. The molecule has 0 atom stereocenters. The van der Waals surface area contributed by atoms with Crippen LogP contribution in [-0.2, 0) is 4.79 Å². The topological polar surface area (TPSA) is 29.1 Å². The molecule has 1 aromatic rings. The molecule has 0 aliphatic carbocycles. The van der Waals surface area contributed by atoms with Crippen molar-refractivity contribution in [1.82, 2.24) is 0 Å². The highest BCUT2D eigenvalue weighted by Gasteiger charge is 2.03. The third-order valence-corrected chi connectivity index (χ3v) is 2.42. The van der Waals surface area contributed by atoms with Crippen molar-refractivity contribution in [3.63, 3.8) is 0 Å². The first-order valence-corrected chi connectivity index (χ1v) is 5.44. The summed E-state index contributed by atoms with van der Waals surface area (Å²) in [6.07, 6.45) is 1.61. The Morgan fingerprint density at radius 1 is 1.12 bits per heavy atom. The number of nitrogens with one attached hydrogen (secondary N) is 1. The van der Waals surface area contributed by atoms with Gasteiger partial charge in [0, 0.05) is 11.4 Å². The zero-order valence-corrected chi connectivity index (χ0v) is 10.6. The molecule has 0 spiro atoms. The third kappa shape index (κ3) is 3.23. The SMILES string of the molecule is CC(=O)C=C(C)Nc1c(C)cc(C)cc1C. The number of benzene rings is 1. The Balaban J connectivity index is 3.02. The first-order chi connectivity index (χ1) is 7.40. The normalized spacial score (nSPS) is 11.4. The molecule has 1 rings (SSSR count). The molecule has 0 radical (unpaired) electrons. The van der Waals surface area contributed by atoms with E-state index in [0.29, 0.717) is 0 Å². The molecule has 0 saturated heterocycles. The van der Waals surface area contributed by atoms with Gasteiger partial charge < -0.3 is 5.32 Å². The second kappa shape index (κ2) is 4.97. The average molecular weight is 217 g/mol. The Morgan fingerprint density at radius 3 is 2.06 bits per heavy atom. The van der Waals surface area contributed by atoms with Crippen LogP contribution in [0.3, 0.4) is 0 Å². The zero-order chi connectivity index (χ0) is 12.3. The highest BCUT2D eigenvalue weighted by Crippen LogP contribution is 2.23. The van der Waals surface area contributed by atoms with Gasteiger partial charge in [-0.05, 0) is 51.8 Å². The first-order valence-electron chi connectivity index (χ1n) is 5.44. The molecule has 0 heterocycles. The maximum Gasteiger partial charge on any atom is 0.154 e. The molecule has 0 aromatic heterocycles. The Bertz CT molecular complexity index is 421. The van der Waals surface area contributed by atoms with E-state index in [2.05, 4.69) is 38.2 Å². The van der Waals surface area contributed by atoms with E-state index in [1.807, 2.05) is 6.92 Å². The largest absolute Gasteiger partial charge is 0.359 e. The molecule has 16 heavy (non-hydrogen) atoms. The van der Waals surface area contributed by atoms with Gasteiger partial charge in [-0.25, -0.2) is 0 Å². The first kappa shape index (κ1) is 12.5. The van der Waals surface area contributed by atoms with E-state index in [1.165, 1.54) is 16.7 Å². The molecule has 1 aromatic carbocycles. The minimum atomic E-state index is 0.0624. The molecule has 0 aliphatic heterocycles. The number of aryl methyl sites for hydroxylation is 3. The second-order valence-corrected chi connectivity index (χ2v) is 4.34. The number of carbonyl (C=O) groups excluding carboxylic acids is 1. The van der Waals surface area contributed by atoms with Gasteiger partial charge in [0.05, 0.1) is 0 Å². The number of carbonyl (C=O) groups is 1. The number of anilines is 1. The maximum atomic E-state index is 11.0. The lowest BCUT2D eigenvalue weighted by atomic mass is 10.0. The molecular weight excluding hydrogens is 198 g/mol. The van der Waals surface area contributed by atoms with Crippen LogP contribution in [-0.4, -0.2) is 5.78 Å². The summed E-state index contributed by atoms with van der Waals surface area (Å²) < 4.78 is 0. The lowest BCUT2D eigenvalue weighted by Crippen LogP contribution is -2.02. The Morgan fingerprint density at radius 2 is 1.62 bits per heavy atom. The lowest BCUT2D eigenvalue weighted by molar-refractivity contribution is -0.112. The van der Waals surface area contributed by atoms with Gasteiger partial charge in [-0.1, -0.05) is 17.7 Å². The summed E-state index contributed by atoms with van der Waals surface area (Å²) in [5.74, 6) is 0.0624. The summed E-state index contributed by atoms with van der Waals surface area (Å²) in [5.41, 5.74) is 5.64. The van der Waals surface area contributed by atoms with Gasteiger partial charge >= 0.3 is 0 Å². The fourth-order valence-corrected chi connectivity index (χ4v) is 1.92. The fourth-order valence-electron chi connectivity index (χ4n) is 1.92. The summed E-state index contributed by atoms with van der Waals surface area (Å²) in [5, 5.41) is 3.28. The Labute approximate surface area is 97.4 Å². The van der Waals surface area contributed by atoms with Crippen LogP contribution < -0.4 is 5.32 Å². The second-order valence-electron chi connectivity index (χ2n) is 4.34. The highest BCUT2D eigenvalue weighted by atomic mass is 16.1. The summed E-state index contributed by atoms with van der Waals surface area (Å²) in [4.78, 5) is 11.0. The monoisotopic (exact) mass is 217 g/mol. The number of hydrogen-bond acceptors (Lipinski definition) is 2. The summed E-state index contributed by atoms with van der Waals surface area (Å²) in [6.45, 7) is 9.69. The van der Waals surface area contributed by atoms with Crippen LogP contribution in [0.5, 0.6) is 0 Å². The molecule has 0 fully saturated rings. The van der Waals surface area contributed by atoms with Gasteiger partial charge in [0.25, 0.3) is 0 Å². The molecular formula is C14H19NO. The van der Waals surface area contributed by atoms with Gasteiger partial charge in [0.1, 0.15) is 0 Å². The van der Waals surface area contributed by atoms with Gasteiger partial charge in [-0.15, -0.1) is 0 Å². The molecule has 0 amide bonds. The van der Waals surface area contributed by atoms with E-state index in [0.717, 1.165) is 11.4 Å². The van der Waals surface area contributed by atoms with Gasteiger partial charge in [-0.3, -0.25) is 4.79 Å². The van der Waals surface area contributed by atoms with E-state index >= 15 is 0 Å². The van der Waals surface area contributed by atoms with Crippen molar-refractivity contribution < 1.29 is 4.79 Å². The summed E-state index contributed by atoms with van der Waals surface area (Å²) in [6, 6.07) is 4.27. The zero-order valence-electron chi connectivity index (χ0n) is 10.6. The van der Waals surface area contributed by atoms with Gasteiger partial charge in [0.15, 0.2) is 5.78 Å². The van der Waals surface area contributed by atoms with E-state index in [9.17, 15) is 4.79 Å². The van der Waals surface area contributed by atoms with Crippen LogP contribution in [0.25, 0.3) is 0 Å². The van der Waals surface area contributed by atoms with Crippen LogP contribution in [0.15, 0.2) is 23.9 Å². The van der Waals surface area contributed by atoms with Crippen LogP contribution in [0, 0.1) is 20.8 Å². The predicted molar refractivity (Wildman–Crippen MR) is 68.7 cm³/mol. The molecule has 2 nitrogen and oxygen atoms in total. The van der Waals surface area contributed by atoms with E-state index < -0.39 is 0 Å². The van der Waals surface area contributed by atoms with E-state index in [4.69, 9.17) is 0 Å². The lowest BCUT2D eigenvalue weighted by Gasteiger charge is -2.13. The average Bonchev–Trinajstić information content (AvgIpc) is 2.09. The van der Waals surface area contributed by atoms with Crippen LogP contribution >= 0.6 is 0 Å². The molecule has 0 aliphatic rings. The van der Waals surface area contributed by atoms with Crippen molar-refractivity contribution in [2.45, 2.75) is 34.6 Å². The number of hydrogen-bond donors (Lipinski definition) is 1. The van der Waals surface area contributed by atoms with Crippen LogP contribution in [0.2, 0.25) is 0 Å². The molecule has 86 valence electrons. The van der Waals surface area contributed by atoms with Crippen molar-refractivity contribution >= 4 is 11.5 Å².